The normalized spacial score (nSPS) is 10.9. The number of halogens is 3. The number of hydrogen-bond donors (Lipinski definition) is 0. The molecule has 0 aliphatic heterocycles. The predicted octanol–water partition coefficient (Wildman–Crippen LogP) is 4.78. The highest BCUT2D eigenvalue weighted by Gasteiger charge is 2.15. The van der Waals surface area contributed by atoms with Crippen molar-refractivity contribution in [2.75, 3.05) is 0 Å². The largest absolute Gasteiger partial charge is 0.310 e. The van der Waals surface area contributed by atoms with Gasteiger partial charge in [0.2, 0.25) is 0 Å². The molecule has 0 amide bonds. The van der Waals surface area contributed by atoms with E-state index in [0.717, 1.165) is 39.1 Å². The van der Waals surface area contributed by atoms with Gasteiger partial charge in [-0.3, -0.25) is 0 Å². The number of aromatic nitrogens is 3. The zero-order valence-electron chi connectivity index (χ0n) is 9.83. The maximum absolute atomic E-state index is 4.31. The number of alkyl halides is 1. The van der Waals surface area contributed by atoms with Gasteiger partial charge in [-0.2, -0.15) is 0 Å². The van der Waals surface area contributed by atoms with Crippen LogP contribution in [0.1, 0.15) is 19.2 Å². The third-order valence-corrected chi connectivity index (χ3v) is 4.25. The number of nitrogens with zero attached hydrogens (tertiary/aromatic N) is 3. The third kappa shape index (κ3) is 2.86. The van der Waals surface area contributed by atoms with Gasteiger partial charge in [0, 0.05) is 21.1 Å². The summed E-state index contributed by atoms with van der Waals surface area (Å²) in [5.41, 5.74) is 1.05. The van der Waals surface area contributed by atoms with Gasteiger partial charge in [0.25, 0.3) is 0 Å². The maximum Gasteiger partial charge on any atom is 0.165 e. The van der Waals surface area contributed by atoms with Crippen LogP contribution in [0.15, 0.2) is 27.1 Å². The summed E-state index contributed by atoms with van der Waals surface area (Å²) in [7, 11) is 0. The molecule has 0 atom stereocenters. The van der Waals surface area contributed by atoms with Gasteiger partial charge in [-0.1, -0.05) is 54.7 Å². The molecule has 0 aliphatic carbocycles. The Hall–Kier alpha value is -0.200. The van der Waals surface area contributed by atoms with E-state index >= 15 is 0 Å². The molecule has 6 heteroatoms. The lowest BCUT2D eigenvalue weighted by atomic mass is 10.2. The molecule has 96 valence electrons. The first kappa shape index (κ1) is 14.2. The van der Waals surface area contributed by atoms with E-state index < -0.39 is 0 Å². The van der Waals surface area contributed by atoms with E-state index in [1.54, 1.807) is 0 Å². The van der Waals surface area contributed by atoms with Crippen LogP contribution in [0.25, 0.3) is 11.4 Å². The average Bonchev–Trinajstić information content (AvgIpc) is 2.76. The van der Waals surface area contributed by atoms with E-state index in [-0.39, 0.29) is 0 Å². The van der Waals surface area contributed by atoms with Crippen LogP contribution in [-0.2, 0) is 11.9 Å². The molecule has 0 saturated carbocycles. The molecule has 18 heavy (non-hydrogen) atoms. The third-order valence-electron chi connectivity index (χ3n) is 2.56. The lowest BCUT2D eigenvalue weighted by molar-refractivity contribution is 0.661. The second kappa shape index (κ2) is 6.30. The fourth-order valence-corrected chi connectivity index (χ4v) is 2.96. The van der Waals surface area contributed by atoms with Gasteiger partial charge < -0.3 is 4.57 Å². The molecule has 0 N–H and O–H groups in total. The van der Waals surface area contributed by atoms with E-state index in [1.165, 1.54) is 0 Å². The first-order valence-corrected chi connectivity index (χ1v) is 8.31. The number of hydrogen-bond acceptors (Lipinski definition) is 2. The summed E-state index contributed by atoms with van der Waals surface area (Å²) in [6.45, 7) is 3.07. The molecule has 0 spiro atoms. The summed E-state index contributed by atoms with van der Waals surface area (Å²) in [4.78, 5) is 0. The summed E-state index contributed by atoms with van der Waals surface area (Å²) in [5, 5.41) is 9.25. The molecule has 1 aromatic carbocycles. The fourth-order valence-electron chi connectivity index (χ4n) is 1.76. The van der Waals surface area contributed by atoms with Crippen molar-refractivity contribution in [3.63, 3.8) is 0 Å². The summed E-state index contributed by atoms with van der Waals surface area (Å²) in [5.74, 6) is 1.86. The minimum atomic E-state index is 0.714. The molecule has 3 nitrogen and oxygen atoms in total. The van der Waals surface area contributed by atoms with Crippen LogP contribution in [-0.4, -0.2) is 14.8 Å². The van der Waals surface area contributed by atoms with Gasteiger partial charge in [-0.25, -0.2) is 0 Å². The Bertz CT molecular complexity index is 551. The molecular formula is C12H12Br3N3. The second-order valence-corrected chi connectivity index (χ2v) is 6.18. The molecule has 0 aliphatic rings. The van der Waals surface area contributed by atoms with Crippen molar-refractivity contribution in [3.8, 4) is 11.4 Å². The Morgan fingerprint density at radius 1 is 1.22 bits per heavy atom. The van der Waals surface area contributed by atoms with Crippen molar-refractivity contribution in [2.24, 2.45) is 0 Å². The van der Waals surface area contributed by atoms with Crippen LogP contribution >= 0.6 is 47.8 Å². The van der Waals surface area contributed by atoms with E-state index in [2.05, 4.69) is 75.5 Å². The lowest BCUT2D eigenvalue weighted by Gasteiger charge is -2.09. The van der Waals surface area contributed by atoms with Crippen LogP contribution in [0.3, 0.4) is 0 Å². The SMILES string of the molecule is CCCn1c(CBr)nnc1-c1cc(Br)ccc1Br. The maximum atomic E-state index is 4.31. The highest BCUT2D eigenvalue weighted by molar-refractivity contribution is 9.11. The topological polar surface area (TPSA) is 30.7 Å². The highest BCUT2D eigenvalue weighted by Crippen LogP contribution is 2.30. The van der Waals surface area contributed by atoms with Gasteiger partial charge in [0.15, 0.2) is 5.82 Å². The zero-order valence-corrected chi connectivity index (χ0v) is 14.6. The molecule has 0 unspecified atom stereocenters. The fraction of sp³-hybridized carbons (Fsp3) is 0.333. The molecule has 1 aromatic heterocycles. The smallest absolute Gasteiger partial charge is 0.165 e. The summed E-state index contributed by atoms with van der Waals surface area (Å²) < 4.78 is 4.21. The molecule has 0 bridgehead atoms. The molecule has 1 heterocycles. The molecule has 0 fully saturated rings. The standard InChI is InChI=1S/C12H12Br3N3/c1-2-5-18-11(7-13)16-17-12(18)9-6-8(14)3-4-10(9)15/h3-4,6H,2,5,7H2,1H3. The Morgan fingerprint density at radius 3 is 2.67 bits per heavy atom. The van der Waals surface area contributed by atoms with Gasteiger partial charge >= 0.3 is 0 Å². The first-order valence-electron chi connectivity index (χ1n) is 5.60. The van der Waals surface area contributed by atoms with Crippen molar-refractivity contribution in [3.05, 3.63) is 33.0 Å². The minimum absolute atomic E-state index is 0.714. The van der Waals surface area contributed by atoms with Crippen LogP contribution in [0, 0.1) is 0 Å². The molecule has 0 radical (unpaired) electrons. The van der Waals surface area contributed by atoms with Crippen molar-refractivity contribution in [2.45, 2.75) is 25.2 Å². The summed E-state index contributed by atoms with van der Waals surface area (Å²) in [6, 6.07) is 6.07. The quantitative estimate of drug-likeness (QED) is 0.645. The van der Waals surface area contributed by atoms with E-state index in [1.807, 2.05) is 12.1 Å². The predicted molar refractivity (Wildman–Crippen MR) is 83.8 cm³/mol. The Balaban J connectivity index is 2.56. The van der Waals surface area contributed by atoms with Crippen LogP contribution in [0.5, 0.6) is 0 Å². The van der Waals surface area contributed by atoms with Crippen LogP contribution in [0.2, 0.25) is 0 Å². The minimum Gasteiger partial charge on any atom is -0.310 e. The monoisotopic (exact) mass is 435 g/mol. The second-order valence-electron chi connectivity index (χ2n) is 3.85. The van der Waals surface area contributed by atoms with Gasteiger partial charge in [-0.05, 0) is 24.6 Å². The Labute approximate surface area is 131 Å². The highest BCUT2D eigenvalue weighted by atomic mass is 79.9. The zero-order chi connectivity index (χ0) is 13.1. The number of rotatable bonds is 4. The van der Waals surface area contributed by atoms with Crippen LogP contribution in [0.4, 0.5) is 0 Å². The Morgan fingerprint density at radius 2 is 2.00 bits per heavy atom. The van der Waals surface area contributed by atoms with E-state index in [9.17, 15) is 0 Å². The molecule has 2 aromatic rings. The van der Waals surface area contributed by atoms with Crippen LogP contribution < -0.4 is 0 Å². The van der Waals surface area contributed by atoms with E-state index in [0.29, 0.717) is 5.33 Å². The average molecular weight is 438 g/mol. The number of benzene rings is 1. The summed E-state index contributed by atoms with van der Waals surface area (Å²) >= 11 is 10.5. The van der Waals surface area contributed by atoms with Crippen molar-refractivity contribution < 1.29 is 0 Å². The molecular weight excluding hydrogens is 426 g/mol. The van der Waals surface area contributed by atoms with Crippen molar-refractivity contribution >= 4 is 47.8 Å². The van der Waals surface area contributed by atoms with Crippen molar-refractivity contribution in [1.29, 1.82) is 0 Å². The summed E-state index contributed by atoms with van der Waals surface area (Å²) in [6.07, 6.45) is 1.05. The van der Waals surface area contributed by atoms with Gasteiger partial charge in [-0.15, -0.1) is 10.2 Å². The van der Waals surface area contributed by atoms with Gasteiger partial charge in [0.05, 0.1) is 5.33 Å². The van der Waals surface area contributed by atoms with Gasteiger partial charge in [0.1, 0.15) is 5.82 Å². The first-order chi connectivity index (χ1) is 8.67. The molecule has 2 rings (SSSR count). The molecule has 0 saturated heterocycles. The van der Waals surface area contributed by atoms with Crippen molar-refractivity contribution in [1.82, 2.24) is 14.8 Å². The lowest BCUT2D eigenvalue weighted by Crippen LogP contribution is -2.04. The Kier molecular flexibility index (Phi) is 4.98. The van der Waals surface area contributed by atoms with E-state index in [4.69, 9.17) is 0 Å².